The number of alkyl halides is 6. The number of Topliss-reactive ketones (excluding diaryl/α,β-unsaturated/α-hetero) is 1. The van der Waals surface area contributed by atoms with E-state index in [0.717, 1.165) is 0 Å². The number of ketones is 1. The van der Waals surface area contributed by atoms with Crippen molar-refractivity contribution >= 4 is 20.9 Å². The normalized spacial score (nSPS) is 12.4. The second-order valence-corrected chi connectivity index (χ2v) is 5.68. The molecule has 0 aliphatic rings. The van der Waals surface area contributed by atoms with Crippen LogP contribution in [0.2, 0.25) is 0 Å². The fourth-order valence-corrected chi connectivity index (χ4v) is 2.70. The number of carbonyl (C=O) groups is 2. The molecule has 162 valence electrons. The summed E-state index contributed by atoms with van der Waals surface area (Å²) < 4.78 is 93.0. The number of ether oxygens (including phenoxy) is 1. The molecule has 2 aromatic carbocycles. The van der Waals surface area contributed by atoms with Gasteiger partial charge in [0.25, 0.3) is 0 Å². The van der Waals surface area contributed by atoms with Crippen LogP contribution in [0.3, 0.4) is 0 Å². The highest BCUT2D eigenvalue weighted by atomic mass is 31.0. The van der Waals surface area contributed by atoms with Crippen molar-refractivity contribution in [2.75, 3.05) is 6.61 Å². The first-order valence-electron chi connectivity index (χ1n) is 8.25. The molecule has 0 radical (unpaired) electrons. The third kappa shape index (κ3) is 5.89. The maximum Gasteiger partial charge on any atom is 0.417 e. The lowest BCUT2D eigenvalue weighted by atomic mass is 9.85. The van der Waals surface area contributed by atoms with E-state index >= 15 is 0 Å². The van der Waals surface area contributed by atoms with Crippen LogP contribution in [0.15, 0.2) is 48.5 Å². The van der Waals surface area contributed by atoms with E-state index in [0.29, 0.717) is 18.2 Å². The number of halogens is 6. The number of benzene rings is 2. The van der Waals surface area contributed by atoms with Crippen LogP contribution < -0.4 is 0 Å². The molecule has 0 aliphatic carbocycles. The quantitative estimate of drug-likeness (QED) is 0.198. The molecule has 0 aromatic heterocycles. The highest BCUT2D eigenvalue weighted by Gasteiger charge is 2.45. The number of rotatable bonds is 5. The first-order valence-corrected chi connectivity index (χ1v) is 8.72. The van der Waals surface area contributed by atoms with Crippen LogP contribution in [0.1, 0.15) is 39.9 Å². The smallest absolute Gasteiger partial charge is 0.417 e. The molecule has 11 heteroatoms. The summed E-state index contributed by atoms with van der Waals surface area (Å²) in [4.78, 5) is 25.2. The van der Waals surface area contributed by atoms with Gasteiger partial charge in [0.05, 0.1) is 17.7 Å². The van der Waals surface area contributed by atoms with Gasteiger partial charge in [0.15, 0.2) is 5.78 Å². The molecule has 30 heavy (non-hydrogen) atoms. The van der Waals surface area contributed by atoms with Gasteiger partial charge in [-0.15, -0.1) is 0 Å². The Bertz CT molecular complexity index is 849. The van der Waals surface area contributed by atoms with E-state index in [-0.39, 0.29) is 12.2 Å². The molecule has 0 heterocycles. The van der Waals surface area contributed by atoms with Crippen molar-refractivity contribution in [3.05, 3.63) is 70.8 Å². The Morgan fingerprint density at radius 1 is 0.867 bits per heavy atom. The molecule has 2 atom stereocenters. The fraction of sp³-hybridized carbons (Fsp3) is 0.263. The van der Waals surface area contributed by atoms with Crippen LogP contribution in [0.25, 0.3) is 0 Å². The standard InChI is InChI=1S/C19H14F6O3.H2OP/c1-2-28-17(27)14(11-7-4-3-5-8-11)16(26)15-12(18(20,21)22)9-6-10-13(15)19(23,24)25;1-2/h3-10,14H,2H2,1H3;2H2/q;+1. The molecular formula is C19H16F6O4P+. The Balaban J connectivity index is 0.00000218. The van der Waals surface area contributed by atoms with Gasteiger partial charge in [0.2, 0.25) is 0 Å². The van der Waals surface area contributed by atoms with Gasteiger partial charge in [-0.3, -0.25) is 9.59 Å². The summed E-state index contributed by atoms with van der Waals surface area (Å²) >= 11 is 0. The zero-order valence-corrected chi connectivity index (χ0v) is 16.5. The molecule has 0 saturated heterocycles. The Morgan fingerprint density at radius 3 is 1.73 bits per heavy atom. The van der Waals surface area contributed by atoms with Gasteiger partial charge in [-0.25, -0.2) is 0 Å². The topological polar surface area (TPSA) is 60.4 Å². The number of esters is 1. The number of hydrogen-bond acceptors (Lipinski definition) is 4. The molecule has 4 nitrogen and oxygen atoms in total. The second-order valence-electron chi connectivity index (χ2n) is 5.68. The summed E-state index contributed by atoms with van der Waals surface area (Å²) in [6.45, 7) is 1.19. The maximum absolute atomic E-state index is 13.4. The summed E-state index contributed by atoms with van der Waals surface area (Å²) in [5.74, 6) is -4.83. The van der Waals surface area contributed by atoms with Crippen LogP contribution >= 0.6 is 9.12 Å². The molecule has 2 rings (SSSR count). The lowest BCUT2D eigenvalue weighted by molar-refractivity contribution is -0.146. The monoisotopic (exact) mass is 453 g/mol. The Hall–Kier alpha value is -2.74. The predicted octanol–water partition coefficient (Wildman–Crippen LogP) is 5.46. The highest BCUT2D eigenvalue weighted by Crippen LogP contribution is 2.41. The van der Waals surface area contributed by atoms with E-state index in [4.69, 9.17) is 9.30 Å². The fourth-order valence-electron chi connectivity index (χ4n) is 2.70. The van der Waals surface area contributed by atoms with Crippen molar-refractivity contribution in [1.82, 2.24) is 0 Å². The van der Waals surface area contributed by atoms with E-state index in [1.54, 1.807) is 0 Å². The lowest BCUT2D eigenvalue weighted by Gasteiger charge is -2.21. The molecular weight excluding hydrogens is 437 g/mol. The molecule has 0 fully saturated rings. The Morgan fingerprint density at radius 2 is 1.33 bits per heavy atom. The van der Waals surface area contributed by atoms with Crippen molar-refractivity contribution in [2.45, 2.75) is 25.2 Å². The van der Waals surface area contributed by atoms with Crippen molar-refractivity contribution in [1.29, 1.82) is 0 Å². The molecule has 0 aliphatic heterocycles. The van der Waals surface area contributed by atoms with Gasteiger partial charge in [-0.1, -0.05) is 41.0 Å². The third-order valence-corrected chi connectivity index (χ3v) is 3.84. The summed E-state index contributed by atoms with van der Waals surface area (Å²) in [5.41, 5.74) is -5.21. The SMILES string of the molecule is CCOC(=O)C(C(=O)c1c(C(F)(F)F)cccc1C(F)(F)F)c1ccccc1.O=[PH2+]. The number of hydrogen-bond donors (Lipinski definition) is 0. The minimum Gasteiger partial charge on any atom is -0.465 e. The lowest BCUT2D eigenvalue weighted by Crippen LogP contribution is -2.29. The Labute approximate surface area is 169 Å². The average Bonchev–Trinajstić information content (AvgIpc) is 2.69. The summed E-state index contributed by atoms with van der Waals surface area (Å²) in [6, 6.07) is 8.12. The van der Waals surface area contributed by atoms with E-state index in [9.17, 15) is 35.9 Å². The van der Waals surface area contributed by atoms with Crippen LogP contribution in [0.5, 0.6) is 0 Å². The van der Waals surface area contributed by atoms with Gasteiger partial charge in [-0.05, 0) is 24.6 Å². The van der Waals surface area contributed by atoms with Gasteiger partial charge in [0, 0.05) is 5.56 Å². The second kappa shape index (κ2) is 10.3. The van der Waals surface area contributed by atoms with Crippen LogP contribution in [-0.2, 0) is 26.4 Å². The van der Waals surface area contributed by atoms with Crippen molar-refractivity contribution in [3.8, 4) is 0 Å². The summed E-state index contributed by atoms with van der Waals surface area (Å²) in [7, 11) is 1.17. The molecule has 2 aromatic rings. The molecule has 2 unspecified atom stereocenters. The van der Waals surface area contributed by atoms with Crippen molar-refractivity contribution in [3.63, 3.8) is 0 Å². The van der Waals surface area contributed by atoms with Crippen molar-refractivity contribution < 1.29 is 45.2 Å². The minimum absolute atomic E-state index is 0.0731. The third-order valence-electron chi connectivity index (χ3n) is 3.84. The van der Waals surface area contributed by atoms with Gasteiger partial charge >= 0.3 is 27.4 Å². The zero-order valence-electron chi connectivity index (χ0n) is 15.4. The summed E-state index contributed by atoms with van der Waals surface area (Å²) in [6.07, 6.45) is -10.5. The van der Waals surface area contributed by atoms with Gasteiger partial charge in [0.1, 0.15) is 5.92 Å². The van der Waals surface area contributed by atoms with Gasteiger partial charge in [-0.2, -0.15) is 26.3 Å². The van der Waals surface area contributed by atoms with E-state index in [1.165, 1.54) is 46.4 Å². The zero-order chi connectivity index (χ0) is 23.1. The molecule has 0 spiro atoms. The predicted molar refractivity (Wildman–Crippen MR) is 97.0 cm³/mol. The van der Waals surface area contributed by atoms with Crippen LogP contribution in [0, 0.1) is 0 Å². The molecule has 0 N–H and O–H groups in total. The minimum atomic E-state index is -5.23. The largest absolute Gasteiger partial charge is 0.465 e. The maximum atomic E-state index is 13.4. The molecule has 0 amide bonds. The van der Waals surface area contributed by atoms with Crippen molar-refractivity contribution in [2.24, 2.45) is 0 Å². The molecule has 0 bridgehead atoms. The van der Waals surface area contributed by atoms with Crippen LogP contribution in [0.4, 0.5) is 26.3 Å². The first kappa shape index (κ1) is 25.3. The highest BCUT2D eigenvalue weighted by molar-refractivity contribution is 7.00. The molecule has 0 saturated carbocycles. The van der Waals surface area contributed by atoms with E-state index in [1.807, 2.05) is 0 Å². The number of carbonyl (C=O) groups excluding carboxylic acids is 2. The Kier molecular flexibility index (Phi) is 8.72. The van der Waals surface area contributed by atoms with Crippen LogP contribution in [-0.4, -0.2) is 18.4 Å². The van der Waals surface area contributed by atoms with E-state index < -0.39 is 46.7 Å². The summed E-state index contributed by atoms with van der Waals surface area (Å²) in [5, 5.41) is 0. The first-order chi connectivity index (χ1) is 14.0. The average molecular weight is 453 g/mol. The van der Waals surface area contributed by atoms with Gasteiger partial charge < -0.3 is 4.74 Å². The van der Waals surface area contributed by atoms with E-state index in [2.05, 4.69) is 0 Å².